The molecule has 0 fully saturated rings. The van der Waals surface area contributed by atoms with Gasteiger partial charge >= 0.3 is 5.97 Å². The highest BCUT2D eigenvalue weighted by atomic mass is 79.9. The molecule has 0 unspecified atom stereocenters. The van der Waals surface area contributed by atoms with Crippen molar-refractivity contribution in [2.75, 3.05) is 12.4 Å². The number of carbonyl (C=O) groups excluding carboxylic acids is 1. The first-order valence-corrected chi connectivity index (χ1v) is 5.90. The Hall–Kier alpha value is -1.03. The fourth-order valence-corrected chi connectivity index (χ4v) is 2.07. The van der Waals surface area contributed by atoms with E-state index in [2.05, 4.69) is 21.2 Å². The second-order valence-corrected chi connectivity index (χ2v) is 4.85. The van der Waals surface area contributed by atoms with Crippen LogP contribution in [0, 0.1) is 6.92 Å². The highest BCUT2D eigenvalue weighted by Crippen LogP contribution is 2.27. The molecule has 0 atom stereocenters. The highest BCUT2D eigenvalue weighted by Gasteiger charge is 2.15. The van der Waals surface area contributed by atoms with Gasteiger partial charge in [0.1, 0.15) is 0 Å². The van der Waals surface area contributed by atoms with Crippen molar-refractivity contribution in [2.45, 2.75) is 26.8 Å². The molecule has 0 bridgehead atoms. The Morgan fingerprint density at radius 2 is 2.06 bits per heavy atom. The maximum Gasteiger partial charge on any atom is 0.340 e. The second-order valence-electron chi connectivity index (χ2n) is 3.94. The molecule has 0 aliphatic carbocycles. The van der Waals surface area contributed by atoms with Crippen molar-refractivity contribution in [3.63, 3.8) is 0 Å². The summed E-state index contributed by atoms with van der Waals surface area (Å²) in [6.07, 6.45) is 0. The number of methoxy groups -OCH3 is 1. The van der Waals surface area contributed by atoms with E-state index in [1.165, 1.54) is 7.11 Å². The molecule has 4 heteroatoms. The van der Waals surface area contributed by atoms with E-state index in [9.17, 15) is 4.79 Å². The Morgan fingerprint density at radius 1 is 1.44 bits per heavy atom. The van der Waals surface area contributed by atoms with Crippen LogP contribution in [0.25, 0.3) is 0 Å². The van der Waals surface area contributed by atoms with Crippen LogP contribution in [0.5, 0.6) is 0 Å². The fourth-order valence-electron chi connectivity index (χ4n) is 1.49. The lowest BCUT2D eigenvalue weighted by Gasteiger charge is -2.16. The third kappa shape index (κ3) is 2.98. The van der Waals surface area contributed by atoms with Crippen molar-refractivity contribution in [1.29, 1.82) is 0 Å². The third-order valence-corrected chi connectivity index (χ3v) is 2.60. The summed E-state index contributed by atoms with van der Waals surface area (Å²) in [5, 5.41) is 3.26. The van der Waals surface area contributed by atoms with Crippen molar-refractivity contribution >= 4 is 27.6 Å². The minimum atomic E-state index is -0.326. The Kier molecular flexibility index (Phi) is 4.35. The SMILES string of the molecule is COC(=O)c1cc(Br)cc(C)c1NC(C)C. The van der Waals surface area contributed by atoms with Crippen LogP contribution in [0.3, 0.4) is 0 Å². The second kappa shape index (κ2) is 5.34. The summed E-state index contributed by atoms with van der Waals surface area (Å²) in [5.74, 6) is -0.326. The molecule has 0 aliphatic heterocycles. The van der Waals surface area contributed by atoms with Gasteiger partial charge in [-0.25, -0.2) is 4.79 Å². The molecule has 1 aromatic rings. The van der Waals surface area contributed by atoms with Crippen LogP contribution in [-0.2, 0) is 4.74 Å². The summed E-state index contributed by atoms with van der Waals surface area (Å²) in [5.41, 5.74) is 2.41. The zero-order chi connectivity index (χ0) is 12.3. The van der Waals surface area contributed by atoms with Crippen molar-refractivity contribution in [3.05, 3.63) is 27.7 Å². The summed E-state index contributed by atoms with van der Waals surface area (Å²) in [6.45, 7) is 6.02. The number of nitrogens with one attached hydrogen (secondary N) is 1. The first-order valence-electron chi connectivity index (χ1n) is 5.10. The normalized spacial score (nSPS) is 10.4. The van der Waals surface area contributed by atoms with Gasteiger partial charge in [0.15, 0.2) is 0 Å². The number of esters is 1. The van der Waals surface area contributed by atoms with Gasteiger partial charge in [0, 0.05) is 10.5 Å². The number of ether oxygens (including phenoxy) is 1. The molecule has 0 spiro atoms. The average molecular weight is 286 g/mol. The summed E-state index contributed by atoms with van der Waals surface area (Å²) in [4.78, 5) is 11.6. The van der Waals surface area contributed by atoms with Gasteiger partial charge in [0.25, 0.3) is 0 Å². The lowest BCUT2D eigenvalue weighted by atomic mass is 10.1. The summed E-state index contributed by atoms with van der Waals surface area (Å²) < 4.78 is 5.64. The van der Waals surface area contributed by atoms with E-state index in [0.29, 0.717) is 5.56 Å². The monoisotopic (exact) mass is 285 g/mol. The molecule has 1 aromatic carbocycles. The standard InChI is InChI=1S/C12H16BrNO2/c1-7(2)14-11-8(3)5-9(13)6-10(11)12(15)16-4/h5-7,14H,1-4H3. The molecule has 0 saturated heterocycles. The summed E-state index contributed by atoms with van der Waals surface area (Å²) >= 11 is 3.38. The van der Waals surface area contributed by atoms with Gasteiger partial charge in [-0.3, -0.25) is 0 Å². The Bertz CT molecular complexity index is 402. The number of anilines is 1. The zero-order valence-corrected chi connectivity index (χ0v) is 11.5. The molecule has 0 saturated carbocycles. The largest absolute Gasteiger partial charge is 0.465 e. The number of hydrogen-bond donors (Lipinski definition) is 1. The van der Waals surface area contributed by atoms with E-state index in [4.69, 9.17) is 4.74 Å². The molecule has 0 heterocycles. The van der Waals surface area contributed by atoms with Crippen LogP contribution in [0.1, 0.15) is 29.8 Å². The van der Waals surface area contributed by atoms with E-state index in [0.717, 1.165) is 15.7 Å². The van der Waals surface area contributed by atoms with Crippen LogP contribution in [0.2, 0.25) is 0 Å². The molecule has 1 rings (SSSR count). The summed E-state index contributed by atoms with van der Waals surface area (Å²) in [6, 6.07) is 4.00. The van der Waals surface area contributed by atoms with Crippen molar-refractivity contribution < 1.29 is 9.53 Å². The van der Waals surface area contributed by atoms with E-state index in [1.807, 2.05) is 26.8 Å². The minimum absolute atomic E-state index is 0.267. The average Bonchev–Trinajstić information content (AvgIpc) is 2.20. The molecule has 0 radical (unpaired) electrons. The molecule has 0 aromatic heterocycles. The van der Waals surface area contributed by atoms with Gasteiger partial charge < -0.3 is 10.1 Å². The van der Waals surface area contributed by atoms with Crippen molar-refractivity contribution in [2.24, 2.45) is 0 Å². The Labute approximate surface area is 104 Å². The lowest BCUT2D eigenvalue weighted by Crippen LogP contribution is -2.15. The fraction of sp³-hybridized carbons (Fsp3) is 0.417. The van der Waals surface area contributed by atoms with Crippen LogP contribution < -0.4 is 5.32 Å². The smallest absolute Gasteiger partial charge is 0.340 e. The van der Waals surface area contributed by atoms with Crippen LogP contribution >= 0.6 is 15.9 Å². The van der Waals surface area contributed by atoms with E-state index in [1.54, 1.807) is 6.07 Å². The molecular weight excluding hydrogens is 270 g/mol. The number of hydrogen-bond acceptors (Lipinski definition) is 3. The van der Waals surface area contributed by atoms with Crippen LogP contribution in [0.15, 0.2) is 16.6 Å². The highest BCUT2D eigenvalue weighted by molar-refractivity contribution is 9.10. The predicted molar refractivity (Wildman–Crippen MR) is 69.0 cm³/mol. The van der Waals surface area contributed by atoms with Crippen molar-refractivity contribution in [1.82, 2.24) is 0 Å². The number of halogens is 1. The Morgan fingerprint density at radius 3 is 2.56 bits per heavy atom. The molecule has 0 aliphatic rings. The summed E-state index contributed by atoms with van der Waals surface area (Å²) in [7, 11) is 1.39. The lowest BCUT2D eigenvalue weighted by molar-refractivity contribution is 0.0601. The van der Waals surface area contributed by atoms with Gasteiger partial charge in [-0.2, -0.15) is 0 Å². The van der Waals surface area contributed by atoms with E-state index >= 15 is 0 Å². The van der Waals surface area contributed by atoms with Gasteiger partial charge in [-0.1, -0.05) is 15.9 Å². The Balaban J connectivity index is 3.26. The van der Waals surface area contributed by atoms with Gasteiger partial charge in [-0.05, 0) is 38.5 Å². The number of rotatable bonds is 3. The van der Waals surface area contributed by atoms with Gasteiger partial charge in [0.05, 0.1) is 18.4 Å². The molecular formula is C12H16BrNO2. The topological polar surface area (TPSA) is 38.3 Å². The molecule has 0 amide bonds. The molecule has 16 heavy (non-hydrogen) atoms. The first-order chi connectivity index (χ1) is 7.45. The number of aryl methyl sites for hydroxylation is 1. The minimum Gasteiger partial charge on any atom is -0.465 e. The van der Waals surface area contributed by atoms with Gasteiger partial charge in [0.2, 0.25) is 0 Å². The maximum atomic E-state index is 11.6. The quantitative estimate of drug-likeness (QED) is 0.866. The number of benzene rings is 1. The molecule has 88 valence electrons. The molecule has 1 N–H and O–H groups in total. The predicted octanol–water partition coefficient (Wildman–Crippen LogP) is 3.36. The van der Waals surface area contributed by atoms with E-state index < -0.39 is 0 Å². The molecule has 3 nitrogen and oxygen atoms in total. The van der Waals surface area contributed by atoms with E-state index in [-0.39, 0.29) is 12.0 Å². The number of carbonyl (C=O) groups is 1. The third-order valence-electron chi connectivity index (χ3n) is 2.14. The first kappa shape index (κ1) is 13.0. The van der Waals surface area contributed by atoms with Gasteiger partial charge in [-0.15, -0.1) is 0 Å². The van der Waals surface area contributed by atoms with Crippen molar-refractivity contribution in [3.8, 4) is 0 Å². The van der Waals surface area contributed by atoms with Crippen LogP contribution in [-0.4, -0.2) is 19.1 Å². The van der Waals surface area contributed by atoms with Crippen LogP contribution in [0.4, 0.5) is 5.69 Å². The maximum absolute atomic E-state index is 11.6. The zero-order valence-electron chi connectivity index (χ0n) is 9.93.